The first kappa shape index (κ1) is 12.0. The highest BCUT2D eigenvalue weighted by Crippen LogP contribution is 2.20. The monoisotopic (exact) mass is 250 g/mol. The summed E-state index contributed by atoms with van der Waals surface area (Å²) in [4.78, 5) is 3.08. The molecule has 3 rings (SSSR count). The van der Waals surface area contributed by atoms with Gasteiger partial charge in [0.15, 0.2) is 0 Å². The van der Waals surface area contributed by atoms with Crippen LogP contribution in [0.15, 0.2) is 60.9 Å². The smallest absolute Gasteiger partial charge is 0.0295 e. The molecule has 1 atom stereocenters. The van der Waals surface area contributed by atoms with Crippen LogP contribution in [-0.4, -0.2) is 4.98 Å². The number of nitrogens with one attached hydrogen (secondary N) is 2. The quantitative estimate of drug-likeness (QED) is 0.719. The van der Waals surface area contributed by atoms with Gasteiger partial charge in [0.1, 0.15) is 0 Å². The third-order valence-electron chi connectivity index (χ3n) is 3.55. The molecule has 1 aromatic heterocycles. The predicted octanol–water partition coefficient (Wildman–Crippen LogP) is 4.02. The largest absolute Gasteiger partial charge is 0.367 e. The number of rotatable bonds is 4. The molecule has 0 aliphatic heterocycles. The Kier molecular flexibility index (Phi) is 3.34. The third-order valence-corrected chi connectivity index (χ3v) is 3.55. The van der Waals surface area contributed by atoms with Crippen molar-refractivity contribution in [3.63, 3.8) is 0 Å². The molecule has 1 unspecified atom stereocenters. The highest BCUT2D eigenvalue weighted by Gasteiger charge is 2.05. The molecule has 96 valence electrons. The summed E-state index contributed by atoms with van der Waals surface area (Å²) in [6.45, 7) is 3.09. The summed E-state index contributed by atoms with van der Waals surface area (Å²) in [5.74, 6) is 0. The standard InChI is InChI=1S/C17H18N2/c1-13(19-12-14-8-9-18-11-14)16-7-6-15-4-2-3-5-17(15)10-16/h2-11,13,18-19H,12H2,1H3. The molecule has 0 aliphatic rings. The number of aromatic amines is 1. The molecular weight excluding hydrogens is 232 g/mol. The summed E-state index contributed by atoms with van der Waals surface area (Å²) in [7, 11) is 0. The van der Waals surface area contributed by atoms with Gasteiger partial charge >= 0.3 is 0 Å². The van der Waals surface area contributed by atoms with Gasteiger partial charge in [0.05, 0.1) is 0 Å². The lowest BCUT2D eigenvalue weighted by Crippen LogP contribution is -2.17. The van der Waals surface area contributed by atoms with E-state index in [9.17, 15) is 0 Å². The van der Waals surface area contributed by atoms with E-state index in [-0.39, 0.29) is 0 Å². The second-order valence-electron chi connectivity index (χ2n) is 4.93. The van der Waals surface area contributed by atoms with E-state index in [4.69, 9.17) is 0 Å². The fraction of sp³-hybridized carbons (Fsp3) is 0.176. The van der Waals surface area contributed by atoms with Gasteiger partial charge in [-0.1, -0.05) is 36.4 Å². The van der Waals surface area contributed by atoms with E-state index in [0.717, 1.165) is 6.54 Å². The van der Waals surface area contributed by atoms with Crippen LogP contribution in [0.2, 0.25) is 0 Å². The molecule has 0 fully saturated rings. The van der Waals surface area contributed by atoms with Crippen molar-refractivity contribution >= 4 is 10.8 Å². The van der Waals surface area contributed by atoms with Crippen LogP contribution in [0.5, 0.6) is 0 Å². The van der Waals surface area contributed by atoms with Gasteiger partial charge in [-0.15, -0.1) is 0 Å². The fourth-order valence-electron chi connectivity index (χ4n) is 2.33. The van der Waals surface area contributed by atoms with Gasteiger partial charge in [0.2, 0.25) is 0 Å². The van der Waals surface area contributed by atoms with Crippen molar-refractivity contribution in [2.45, 2.75) is 19.5 Å². The van der Waals surface area contributed by atoms with Crippen molar-refractivity contribution in [2.24, 2.45) is 0 Å². The van der Waals surface area contributed by atoms with Crippen molar-refractivity contribution in [3.05, 3.63) is 72.1 Å². The lowest BCUT2D eigenvalue weighted by Gasteiger charge is -2.14. The Hall–Kier alpha value is -2.06. The van der Waals surface area contributed by atoms with Crippen LogP contribution in [0.1, 0.15) is 24.1 Å². The first-order valence-electron chi connectivity index (χ1n) is 6.67. The number of hydrogen-bond acceptors (Lipinski definition) is 1. The molecule has 0 aliphatic carbocycles. The van der Waals surface area contributed by atoms with Crippen LogP contribution >= 0.6 is 0 Å². The fourth-order valence-corrected chi connectivity index (χ4v) is 2.33. The van der Waals surface area contributed by atoms with Crippen molar-refractivity contribution < 1.29 is 0 Å². The summed E-state index contributed by atoms with van der Waals surface area (Å²) < 4.78 is 0. The molecular formula is C17H18N2. The third kappa shape index (κ3) is 2.69. The van der Waals surface area contributed by atoms with Crippen molar-refractivity contribution in [2.75, 3.05) is 0 Å². The molecule has 3 aromatic rings. The van der Waals surface area contributed by atoms with E-state index in [1.165, 1.54) is 21.9 Å². The van der Waals surface area contributed by atoms with Gasteiger partial charge in [-0.25, -0.2) is 0 Å². The molecule has 2 heteroatoms. The topological polar surface area (TPSA) is 27.8 Å². The highest BCUT2D eigenvalue weighted by atomic mass is 14.9. The molecule has 19 heavy (non-hydrogen) atoms. The molecule has 0 saturated heterocycles. The summed E-state index contributed by atoms with van der Waals surface area (Å²) in [6, 6.07) is 17.6. The normalized spacial score (nSPS) is 12.7. The van der Waals surface area contributed by atoms with E-state index in [0.29, 0.717) is 6.04 Å². The average Bonchev–Trinajstić information content (AvgIpc) is 2.97. The molecule has 0 amide bonds. The predicted molar refractivity (Wildman–Crippen MR) is 80.0 cm³/mol. The second-order valence-corrected chi connectivity index (χ2v) is 4.93. The van der Waals surface area contributed by atoms with Gasteiger partial charge in [0, 0.05) is 25.0 Å². The zero-order chi connectivity index (χ0) is 13.1. The number of hydrogen-bond donors (Lipinski definition) is 2. The maximum Gasteiger partial charge on any atom is 0.0295 e. The van der Waals surface area contributed by atoms with Gasteiger partial charge < -0.3 is 10.3 Å². The minimum atomic E-state index is 0.347. The molecule has 1 heterocycles. The van der Waals surface area contributed by atoms with E-state index in [2.05, 4.69) is 65.8 Å². The highest BCUT2D eigenvalue weighted by molar-refractivity contribution is 5.83. The van der Waals surface area contributed by atoms with Crippen LogP contribution in [0, 0.1) is 0 Å². The van der Waals surface area contributed by atoms with Gasteiger partial charge in [-0.3, -0.25) is 0 Å². The van der Waals surface area contributed by atoms with E-state index in [1.54, 1.807) is 0 Å². The molecule has 0 saturated carbocycles. The van der Waals surface area contributed by atoms with Crippen molar-refractivity contribution in [1.29, 1.82) is 0 Å². The minimum absolute atomic E-state index is 0.347. The molecule has 2 N–H and O–H groups in total. The Bertz CT molecular complexity index is 656. The summed E-state index contributed by atoms with van der Waals surface area (Å²) in [5.41, 5.74) is 2.61. The van der Waals surface area contributed by atoms with Crippen molar-refractivity contribution in [1.82, 2.24) is 10.3 Å². The lowest BCUT2D eigenvalue weighted by atomic mass is 10.0. The molecule has 0 radical (unpaired) electrons. The van der Waals surface area contributed by atoms with Crippen molar-refractivity contribution in [3.8, 4) is 0 Å². The molecule has 0 bridgehead atoms. The Labute approximate surface area is 113 Å². The summed E-state index contributed by atoms with van der Waals surface area (Å²) >= 11 is 0. The Morgan fingerprint density at radius 2 is 1.89 bits per heavy atom. The van der Waals surface area contributed by atoms with Crippen LogP contribution < -0.4 is 5.32 Å². The lowest BCUT2D eigenvalue weighted by molar-refractivity contribution is 0.575. The second kappa shape index (κ2) is 5.29. The Morgan fingerprint density at radius 1 is 1.05 bits per heavy atom. The number of fused-ring (bicyclic) bond motifs is 1. The van der Waals surface area contributed by atoms with Crippen LogP contribution in [0.3, 0.4) is 0 Å². The van der Waals surface area contributed by atoms with Crippen LogP contribution in [-0.2, 0) is 6.54 Å². The Morgan fingerprint density at radius 3 is 2.68 bits per heavy atom. The number of aromatic nitrogens is 1. The van der Waals surface area contributed by atoms with Gasteiger partial charge in [-0.2, -0.15) is 0 Å². The average molecular weight is 250 g/mol. The summed E-state index contributed by atoms with van der Waals surface area (Å²) in [5, 5.41) is 6.14. The van der Waals surface area contributed by atoms with Gasteiger partial charge in [-0.05, 0) is 41.0 Å². The van der Waals surface area contributed by atoms with E-state index in [1.807, 2.05) is 12.4 Å². The maximum absolute atomic E-state index is 3.55. The maximum atomic E-state index is 3.55. The SMILES string of the molecule is CC(NCc1cc[nH]c1)c1ccc2ccccc2c1. The molecule has 2 nitrogen and oxygen atoms in total. The Balaban J connectivity index is 1.75. The molecule has 2 aromatic carbocycles. The number of benzene rings is 2. The number of H-pyrrole nitrogens is 1. The first-order chi connectivity index (χ1) is 9.33. The minimum Gasteiger partial charge on any atom is -0.367 e. The van der Waals surface area contributed by atoms with E-state index >= 15 is 0 Å². The van der Waals surface area contributed by atoms with Crippen LogP contribution in [0.4, 0.5) is 0 Å². The summed E-state index contributed by atoms with van der Waals surface area (Å²) in [6.07, 6.45) is 3.98. The van der Waals surface area contributed by atoms with Gasteiger partial charge in [0.25, 0.3) is 0 Å². The molecule has 0 spiro atoms. The first-order valence-corrected chi connectivity index (χ1v) is 6.67. The van der Waals surface area contributed by atoms with Crippen LogP contribution in [0.25, 0.3) is 10.8 Å². The zero-order valence-corrected chi connectivity index (χ0v) is 11.1. The van der Waals surface area contributed by atoms with E-state index < -0.39 is 0 Å². The zero-order valence-electron chi connectivity index (χ0n) is 11.1.